The lowest BCUT2D eigenvalue weighted by atomic mass is 10.2. The molecule has 1 amide bonds. The van der Waals surface area contributed by atoms with Crippen molar-refractivity contribution in [1.82, 2.24) is 15.3 Å². The SMILES string of the molecule is Cc1nc(C(=O)NCc2ccc(F)cc2)cc(N(C)C2CCS(=O)(=O)C2)n1. The van der Waals surface area contributed by atoms with E-state index in [4.69, 9.17) is 0 Å². The highest BCUT2D eigenvalue weighted by molar-refractivity contribution is 7.91. The first kappa shape index (κ1) is 19.2. The number of hydrogen-bond donors (Lipinski definition) is 1. The molecule has 1 unspecified atom stereocenters. The van der Waals surface area contributed by atoms with E-state index in [1.165, 1.54) is 12.1 Å². The van der Waals surface area contributed by atoms with Crippen LogP contribution in [0, 0.1) is 12.7 Å². The van der Waals surface area contributed by atoms with Gasteiger partial charge in [0, 0.05) is 25.7 Å². The third kappa shape index (κ3) is 4.79. The van der Waals surface area contributed by atoms with E-state index in [1.807, 2.05) is 0 Å². The fourth-order valence-electron chi connectivity index (χ4n) is 2.99. The number of amides is 1. The van der Waals surface area contributed by atoms with Gasteiger partial charge in [0.05, 0.1) is 11.5 Å². The van der Waals surface area contributed by atoms with Crippen LogP contribution in [0.5, 0.6) is 0 Å². The number of benzene rings is 1. The largest absolute Gasteiger partial charge is 0.356 e. The van der Waals surface area contributed by atoms with Crippen LogP contribution in [-0.2, 0) is 16.4 Å². The van der Waals surface area contributed by atoms with Crippen molar-refractivity contribution in [3.8, 4) is 0 Å². The molecule has 1 aromatic carbocycles. The molecule has 1 saturated heterocycles. The number of rotatable bonds is 5. The average Bonchev–Trinajstić information content (AvgIpc) is 2.99. The molecule has 27 heavy (non-hydrogen) atoms. The Morgan fingerprint density at radius 2 is 2.00 bits per heavy atom. The number of anilines is 1. The Hall–Kier alpha value is -2.55. The van der Waals surface area contributed by atoms with Gasteiger partial charge in [-0.15, -0.1) is 0 Å². The van der Waals surface area contributed by atoms with Crippen LogP contribution in [-0.4, -0.2) is 48.9 Å². The third-order valence-electron chi connectivity index (χ3n) is 4.54. The second-order valence-electron chi connectivity index (χ2n) is 6.64. The minimum absolute atomic E-state index is 0.0820. The van der Waals surface area contributed by atoms with Gasteiger partial charge in [-0.1, -0.05) is 12.1 Å². The molecule has 144 valence electrons. The van der Waals surface area contributed by atoms with Crippen molar-refractivity contribution in [2.45, 2.75) is 25.9 Å². The average molecular weight is 392 g/mol. The van der Waals surface area contributed by atoms with E-state index in [-0.39, 0.29) is 41.5 Å². The number of nitrogens with zero attached hydrogens (tertiary/aromatic N) is 3. The van der Waals surface area contributed by atoms with Gasteiger partial charge in [0.15, 0.2) is 9.84 Å². The molecule has 2 heterocycles. The number of halogens is 1. The lowest BCUT2D eigenvalue weighted by Gasteiger charge is -2.25. The maximum absolute atomic E-state index is 12.9. The van der Waals surface area contributed by atoms with Crippen LogP contribution in [0.1, 0.15) is 28.3 Å². The number of aryl methyl sites for hydroxylation is 1. The van der Waals surface area contributed by atoms with Crippen molar-refractivity contribution < 1.29 is 17.6 Å². The molecule has 0 saturated carbocycles. The third-order valence-corrected chi connectivity index (χ3v) is 6.29. The van der Waals surface area contributed by atoms with Gasteiger partial charge in [0.25, 0.3) is 5.91 Å². The summed E-state index contributed by atoms with van der Waals surface area (Å²) in [4.78, 5) is 22.7. The molecule has 7 nitrogen and oxygen atoms in total. The van der Waals surface area contributed by atoms with E-state index in [0.717, 1.165) is 5.56 Å². The highest BCUT2D eigenvalue weighted by Crippen LogP contribution is 2.22. The molecule has 1 fully saturated rings. The molecule has 1 aliphatic heterocycles. The van der Waals surface area contributed by atoms with Crippen LogP contribution >= 0.6 is 0 Å². The number of sulfone groups is 1. The molecule has 3 rings (SSSR count). The Morgan fingerprint density at radius 3 is 2.63 bits per heavy atom. The first-order valence-corrected chi connectivity index (χ1v) is 10.4. The van der Waals surface area contributed by atoms with Crippen molar-refractivity contribution in [3.63, 3.8) is 0 Å². The van der Waals surface area contributed by atoms with Crippen LogP contribution in [0.4, 0.5) is 10.2 Å². The first-order valence-electron chi connectivity index (χ1n) is 8.55. The van der Waals surface area contributed by atoms with Gasteiger partial charge in [-0.25, -0.2) is 22.8 Å². The molecule has 0 radical (unpaired) electrons. The predicted molar refractivity (Wildman–Crippen MR) is 99.8 cm³/mol. The molecule has 1 aliphatic rings. The summed E-state index contributed by atoms with van der Waals surface area (Å²) in [6.07, 6.45) is 0.536. The Balaban J connectivity index is 1.72. The summed E-state index contributed by atoms with van der Waals surface area (Å²) < 4.78 is 36.4. The Morgan fingerprint density at radius 1 is 1.30 bits per heavy atom. The summed E-state index contributed by atoms with van der Waals surface area (Å²) in [6.45, 7) is 1.92. The highest BCUT2D eigenvalue weighted by Gasteiger charge is 2.31. The first-order chi connectivity index (χ1) is 12.7. The lowest BCUT2D eigenvalue weighted by molar-refractivity contribution is 0.0945. The summed E-state index contributed by atoms with van der Waals surface area (Å²) in [7, 11) is -1.25. The monoisotopic (exact) mass is 392 g/mol. The topological polar surface area (TPSA) is 92.3 Å². The zero-order valence-corrected chi connectivity index (χ0v) is 16.0. The second kappa shape index (κ2) is 7.59. The van der Waals surface area contributed by atoms with Crippen molar-refractivity contribution in [2.75, 3.05) is 23.5 Å². The molecule has 1 atom stereocenters. The number of hydrogen-bond acceptors (Lipinski definition) is 6. The molecular formula is C18H21FN4O3S. The van der Waals surface area contributed by atoms with Crippen LogP contribution in [0.2, 0.25) is 0 Å². The number of aromatic nitrogens is 2. The summed E-state index contributed by atoms with van der Waals surface area (Å²) in [5.41, 5.74) is 0.969. The van der Waals surface area contributed by atoms with Gasteiger partial charge >= 0.3 is 0 Å². The van der Waals surface area contributed by atoms with Gasteiger partial charge in [-0.3, -0.25) is 4.79 Å². The molecule has 0 aliphatic carbocycles. The minimum Gasteiger partial charge on any atom is -0.356 e. The van der Waals surface area contributed by atoms with Crippen LogP contribution < -0.4 is 10.2 Å². The molecule has 0 bridgehead atoms. The van der Waals surface area contributed by atoms with Crippen molar-refractivity contribution in [1.29, 1.82) is 0 Å². The second-order valence-corrected chi connectivity index (χ2v) is 8.86. The van der Waals surface area contributed by atoms with Crippen LogP contribution in [0.25, 0.3) is 0 Å². The smallest absolute Gasteiger partial charge is 0.270 e. The normalized spacial score (nSPS) is 18.3. The number of nitrogens with one attached hydrogen (secondary N) is 1. The highest BCUT2D eigenvalue weighted by atomic mass is 32.2. The van der Waals surface area contributed by atoms with Crippen molar-refractivity contribution >= 4 is 21.6 Å². The lowest BCUT2D eigenvalue weighted by Crippen LogP contribution is -2.34. The summed E-state index contributed by atoms with van der Waals surface area (Å²) in [5, 5.41) is 2.74. The minimum atomic E-state index is -3.02. The van der Waals surface area contributed by atoms with E-state index in [9.17, 15) is 17.6 Å². The zero-order chi connectivity index (χ0) is 19.6. The number of carbonyl (C=O) groups excluding carboxylic acids is 1. The molecule has 2 aromatic rings. The summed E-state index contributed by atoms with van der Waals surface area (Å²) >= 11 is 0. The maximum Gasteiger partial charge on any atom is 0.270 e. The standard InChI is InChI=1S/C18H21FN4O3S/c1-12-21-16(18(24)20-10-13-3-5-14(19)6-4-13)9-17(22-12)23(2)15-7-8-27(25,26)11-15/h3-6,9,15H,7-8,10-11H2,1-2H3,(H,20,24). The Bertz CT molecular complexity index is 948. The summed E-state index contributed by atoms with van der Waals surface area (Å²) in [6, 6.07) is 7.25. The quantitative estimate of drug-likeness (QED) is 0.829. The maximum atomic E-state index is 12.9. The van der Waals surface area contributed by atoms with Gasteiger partial charge in [0.1, 0.15) is 23.2 Å². The predicted octanol–water partition coefficient (Wildman–Crippen LogP) is 1.48. The van der Waals surface area contributed by atoms with Crippen LogP contribution in [0.15, 0.2) is 30.3 Å². The van der Waals surface area contributed by atoms with E-state index in [2.05, 4.69) is 15.3 Å². The fourth-order valence-corrected chi connectivity index (χ4v) is 4.77. The molecular weight excluding hydrogens is 371 g/mol. The Kier molecular flexibility index (Phi) is 5.41. The number of carbonyl (C=O) groups is 1. The van der Waals surface area contributed by atoms with E-state index < -0.39 is 9.84 Å². The van der Waals surface area contributed by atoms with Crippen LogP contribution in [0.3, 0.4) is 0 Å². The molecule has 9 heteroatoms. The van der Waals surface area contributed by atoms with E-state index >= 15 is 0 Å². The summed E-state index contributed by atoms with van der Waals surface area (Å²) in [5.74, 6) is 0.468. The van der Waals surface area contributed by atoms with Gasteiger partial charge in [-0.05, 0) is 31.0 Å². The van der Waals surface area contributed by atoms with E-state index in [0.29, 0.717) is 18.1 Å². The molecule has 1 aromatic heterocycles. The van der Waals surface area contributed by atoms with Gasteiger partial charge in [0.2, 0.25) is 0 Å². The van der Waals surface area contributed by atoms with Gasteiger partial charge in [-0.2, -0.15) is 0 Å². The van der Waals surface area contributed by atoms with Gasteiger partial charge < -0.3 is 10.2 Å². The van der Waals surface area contributed by atoms with Crippen molar-refractivity contribution in [2.24, 2.45) is 0 Å². The van der Waals surface area contributed by atoms with Crippen molar-refractivity contribution in [3.05, 3.63) is 53.2 Å². The fraction of sp³-hybridized carbons (Fsp3) is 0.389. The molecule has 0 spiro atoms. The molecule has 1 N–H and O–H groups in total. The zero-order valence-electron chi connectivity index (χ0n) is 15.1. The van der Waals surface area contributed by atoms with E-state index in [1.54, 1.807) is 37.1 Å². The Labute approximate surface area is 157 Å².